The molecular formula is C34H54F6NO9P. The summed E-state index contributed by atoms with van der Waals surface area (Å²) in [5.74, 6) is 1.23. The smallest absolute Gasteiger partial charge is 0.161 e. The third kappa shape index (κ3) is 34.1. The van der Waals surface area contributed by atoms with Gasteiger partial charge in [-0.3, -0.25) is 4.79 Å². The van der Waals surface area contributed by atoms with Gasteiger partial charge in [-0.25, -0.2) is 0 Å². The van der Waals surface area contributed by atoms with Crippen molar-refractivity contribution in [3.8, 4) is 11.5 Å². The normalized spacial score (nSPS) is 17.0. The molecule has 0 bridgehead atoms. The van der Waals surface area contributed by atoms with E-state index in [1.807, 2.05) is 24.3 Å². The molecule has 1 heterocycles. The molecule has 296 valence electrons. The van der Waals surface area contributed by atoms with Crippen LogP contribution < -0.4 is 14.8 Å². The Bertz CT molecular complexity index is 1160. The maximum absolute atomic E-state index is 10.7. The van der Waals surface area contributed by atoms with Gasteiger partial charge in [0.25, 0.3) is 0 Å². The zero-order chi connectivity index (χ0) is 37.9. The van der Waals surface area contributed by atoms with Crippen LogP contribution in [0.15, 0.2) is 42.5 Å². The van der Waals surface area contributed by atoms with E-state index in [2.05, 4.69) is 37.4 Å². The summed E-state index contributed by atoms with van der Waals surface area (Å²) in [6, 6.07) is 14.3. The number of quaternary nitrogens is 1. The number of carbonyl (C=O) groups excluding carboxylic acids is 1. The Morgan fingerprint density at radius 2 is 1.04 bits per heavy atom. The van der Waals surface area contributed by atoms with E-state index >= 15 is 0 Å². The van der Waals surface area contributed by atoms with Crippen LogP contribution >= 0.6 is 7.81 Å². The van der Waals surface area contributed by atoms with Crippen molar-refractivity contribution in [2.45, 2.75) is 46.6 Å². The number of ether oxygens (including phenoxy) is 8. The molecular weight excluding hydrogens is 711 g/mol. The molecule has 0 aromatic heterocycles. The zero-order valence-electron chi connectivity index (χ0n) is 29.7. The number of esters is 1. The van der Waals surface area contributed by atoms with E-state index in [0.29, 0.717) is 97.4 Å². The van der Waals surface area contributed by atoms with E-state index < -0.39 is 7.81 Å². The first-order valence-electron chi connectivity index (χ1n) is 16.8. The molecule has 2 aromatic rings. The monoisotopic (exact) mass is 765 g/mol. The average Bonchev–Trinajstić information content (AvgIpc) is 3.02. The Kier molecular flexibility index (Phi) is 22.2. The fourth-order valence-corrected chi connectivity index (χ4v) is 4.33. The summed E-state index contributed by atoms with van der Waals surface area (Å²) in [5, 5.41) is 2.35. The summed E-state index contributed by atoms with van der Waals surface area (Å²) in [6.07, 6.45) is 3.26. The average molecular weight is 766 g/mol. The SMILES string of the molecule is CC(=O)OCCCCC[NH2+]Cc1cc(C)cc(C)c1.F[P-](F)(F)(F)(F)F.c1ccc2c(c1)OCCOCCOCCOCCOCCOCCO2. The molecule has 51 heavy (non-hydrogen) atoms. The number of nitrogens with two attached hydrogens (primary N) is 1. The van der Waals surface area contributed by atoms with E-state index in [1.54, 1.807) is 0 Å². The fourth-order valence-electron chi connectivity index (χ4n) is 4.33. The van der Waals surface area contributed by atoms with Crippen molar-refractivity contribution >= 4 is 13.8 Å². The van der Waals surface area contributed by atoms with Gasteiger partial charge >= 0.3 is 39.0 Å². The Morgan fingerprint density at radius 3 is 1.43 bits per heavy atom. The topological polar surface area (TPSA) is 108 Å². The number of carbonyl (C=O) groups is 1. The van der Waals surface area contributed by atoms with Gasteiger partial charge in [-0.05, 0) is 45.2 Å². The van der Waals surface area contributed by atoms with E-state index in [0.717, 1.165) is 25.9 Å². The number of fused-ring (bicyclic) bond motifs is 1. The van der Waals surface area contributed by atoms with Crippen LogP contribution in [-0.4, -0.2) is 98.4 Å². The first-order chi connectivity index (χ1) is 24.0. The maximum atomic E-state index is 10.6. The van der Waals surface area contributed by atoms with Crippen LogP contribution in [0.25, 0.3) is 0 Å². The number of hydrogen-bond acceptors (Lipinski definition) is 9. The number of rotatable bonds is 8. The van der Waals surface area contributed by atoms with Gasteiger partial charge in [-0.2, -0.15) is 0 Å². The predicted octanol–water partition coefficient (Wildman–Crippen LogP) is 7.02. The van der Waals surface area contributed by atoms with E-state index in [-0.39, 0.29) is 5.97 Å². The van der Waals surface area contributed by atoms with Crippen molar-refractivity contribution in [2.75, 3.05) is 92.4 Å². The van der Waals surface area contributed by atoms with Gasteiger partial charge in [0.05, 0.1) is 79.2 Å². The van der Waals surface area contributed by atoms with Gasteiger partial charge in [0.2, 0.25) is 0 Å². The second-order valence-electron chi connectivity index (χ2n) is 11.3. The van der Waals surface area contributed by atoms with Crippen molar-refractivity contribution in [3.63, 3.8) is 0 Å². The van der Waals surface area contributed by atoms with Crippen molar-refractivity contribution < 1.29 is 73.2 Å². The van der Waals surface area contributed by atoms with Crippen LogP contribution in [0.4, 0.5) is 25.2 Å². The molecule has 1 aliphatic rings. The van der Waals surface area contributed by atoms with Crippen LogP contribution in [0.2, 0.25) is 0 Å². The standard InChI is InChI=1S/C18H28O7.C16H25NO2.F6P/c1-2-4-18-17(3-1)24-15-13-22-11-9-20-7-5-19-6-8-21-10-12-23-14-16-25-18;1-13-9-14(2)11-16(10-13)12-17-7-5-4-6-8-19-15(3)18;1-7(2,3,4,5)6/h1-4H,5-16H2;9-11,17H,4-8,12H2,1-3H3;/q;;-1/p+1. The number of unbranched alkanes of at least 4 members (excludes halogenated alkanes) is 2. The van der Waals surface area contributed by atoms with Crippen molar-refractivity contribution in [1.29, 1.82) is 0 Å². The molecule has 0 saturated heterocycles. The summed E-state index contributed by atoms with van der Waals surface area (Å²) in [6.45, 7) is 14.7. The second-order valence-corrected chi connectivity index (χ2v) is 13.3. The fraction of sp³-hybridized carbons (Fsp3) is 0.618. The molecule has 3 rings (SSSR count). The maximum Gasteiger partial charge on any atom is 0.161 e. The van der Waals surface area contributed by atoms with Gasteiger partial charge in [-0.1, -0.05) is 41.5 Å². The molecule has 2 N–H and O–H groups in total. The van der Waals surface area contributed by atoms with E-state index in [4.69, 9.17) is 37.9 Å². The van der Waals surface area contributed by atoms with Crippen molar-refractivity contribution in [3.05, 3.63) is 59.2 Å². The van der Waals surface area contributed by atoms with Crippen molar-refractivity contribution in [1.82, 2.24) is 0 Å². The minimum Gasteiger partial charge on any atom is -0.487 e. The van der Waals surface area contributed by atoms with Gasteiger partial charge < -0.3 is 43.2 Å². The molecule has 0 spiro atoms. The molecule has 17 heteroatoms. The molecule has 0 amide bonds. The van der Waals surface area contributed by atoms with Crippen molar-refractivity contribution in [2.24, 2.45) is 0 Å². The van der Waals surface area contributed by atoms with Gasteiger partial charge in [-0.15, -0.1) is 0 Å². The van der Waals surface area contributed by atoms with Gasteiger partial charge in [0.1, 0.15) is 19.8 Å². The summed E-state index contributed by atoms with van der Waals surface area (Å²) >= 11 is 0. The van der Waals surface area contributed by atoms with Crippen LogP contribution in [-0.2, 0) is 39.8 Å². The quantitative estimate of drug-likeness (QED) is 0.131. The molecule has 0 saturated carbocycles. The van der Waals surface area contributed by atoms with Crippen LogP contribution in [0.3, 0.4) is 0 Å². The zero-order valence-corrected chi connectivity index (χ0v) is 30.6. The van der Waals surface area contributed by atoms with Gasteiger partial charge in [0, 0.05) is 12.5 Å². The van der Waals surface area contributed by atoms with Crippen LogP contribution in [0, 0.1) is 13.8 Å². The molecule has 2 aromatic carbocycles. The summed E-state index contributed by atoms with van der Waals surface area (Å²) < 4.78 is 103. The Morgan fingerprint density at radius 1 is 0.647 bits per heavy atom. The first-order valence-corrected chi connectivity index (χ1v) is 18.8. The number of aryl methyl sites for hydroxylation is 2. The molecule has 0 radical (unpaired) electrons. The number of halogens is 6. The Hall–Kier alpha value is -2.72. The predicted molar refractivity (Wildman–Crippen MR) is 182 cm³/mol. The summed E-state index contributed by atoms with van der Waals surface area (Å²) in [5.41, 5.74) is 4.08. The Balaban J connectivity index is 0.000000441. The molecule has 0 unspecified atom stereocenters. The minimum atomic E-state index is -10.7. The number of hydrogen-bond donors (Lipinski definition) is 1. The molecule has 0 atom stereocenters. The molecule has 0 fully saturated rings. The molecule has 1 aliphatic heterocycles. The molecule has 0 aliphatic carbocycles. The number of benzene rings is 2. The summed E-state index contributed by atoms with van der Waals surface area (Å²) in [4.78, 5) is 10.6. The summed E-state index contributed by atoms with van der Waals surface area (Å²) in [7, 11) is -10.7. The van der Waals surface area contributed by atoms with Crippen LogP contribution in [0.5, 0.6) is 11.5 Å². The largest absolute Gasteiger partial charge is 0.487 e. The Labute approximate surface area is 296 Å². The third-order valence-electron chi connectivity index (χ3n) is 6.33. The van der Waals surface area contributed by atoms with E-state index in [9.17, 15) is 30.0 Å². The number of para-hydroxylation sites is 2. The van der Waals surface area contributed by atoms with E-state index in [1.165, 1.54) is 30.0 Å². The second kappa shape index (κ2) is 24.5. The van der Waals surface area contributed by atoms with Crippen LogP contribution in [0.1, 0.15) is 42.9 Å². The first kappa shape index (κ1) is 46.3. The van der Waals surface area contributed by atoms with Gasteiger partial charge in [0.15, 0.2) is 11.5 Å². The third-order valence-corrected chi connectivity index (χ3v) is 6.33. The molecule has 10 nitrogen and oxygen atoms in total. The minimum absolute atomic E-state index is 0.179.